The van der Waals surface area contributed by atoms with E-state index in [-0.39, 0.29) is 23.6 Å². The third-order valence-electron chi connectivity index (χ3n) is 4.66. The minimum atomic E-state index is -0.312. The maximum absolute atomic E-state index is 12.6. The Balaban J connectivity index is 1.41. The van der Waals surface area contributed by atoms with Crippen molar-refractivity contribution in [3.8, 4) is 11.5 Å². The topological polar surface area (TPSA) is 106 Å². The van der Waals surface area contributed by atoms with Gasteiger partial charge in [0.15, 0.2) is 5.69 Å². The highest BCUT2D eigenvalue weighted by atomic mass is 16.4. The summed E-state index contributed by atoms with van der Waals surface area (Å²) in [4.78, 5) is 35.2. The van der Waals surface area contributed by atoms with Crippen LogP contribution in [0.3, 0.4) is 0 Å². The van der Waals surface area contributed by atoms with Gasteiger partial charge in [-0.3, -0.25) is 19.3 Å². The molecular formula is C19H20N6O3. The number of aryl methyl sites for hydroxylation is 2. The van der Waals surface area contributed by atoms with E-state index in [0.29, 0.717) is 42.4 Å². The van der Waals surface area contributed by atoms with Crippen molar-refractivity contribution in [2.45, 2.75) is 19.4 Å². The molecule has 1 aliphatic rings. The van der Waals surface area contributed by atoms with Gasteiger partial charge in [-0.05, 0) is 25.5 Å². The van der Waals surface area contributed by atoms with Crippen LogP contribution >= 0.6 is 0 Å². The van der Waals surface area contributed by atoms with E-state index >= 15 is 0 Å². The second-order valence-electron chi connectivity index (χ2n) is 6.75. The van der Waals surface area contributed by atoms with Gasteiger partial charge >= 0.3 is 0 Å². The quantitative estimate of drug-likeness (QED) is 0.734. The first-order valence-electron chi connectivity index (χ1n) is 8.99. The van der Waals surface area contributed by atoms with E-state index in [2.05, 4.69) is 20.4 Å². The maximum atomic E-state index is 12.6. The zero-order valence-electron chi connectivity index (χ0n) is 15.6. The molecule has 0 spiro atoms. The van der Waals surface area contributed by atoms with E-state index in [1.807, 2.05) is 0 Å². The van der Waals surface area contributed by atoms with Crippen LogP contribution in [0.25, 0.3) is 11.5 Å². The smallest absolute Gasteiger partial charge is 0.273 e. The van der Waals surface area contributed by atoms with E-state index in [0.717, 1.165) is 0 Å². The van der Waals surface area contributed by atoms with Crippen molar-refractivity contribution in [3.05, 3.63) is 53.9 Å². The van der Waals surface area contributed by atoms with Gasteiger partial charge in [-0.1, -0.05) is 6.07 Å². The normalized spacial score (nSPS) is 16.4. The van der Waals surface area contributed by atoms with Crippen LogP contribution in [-0.4, -0.2) is 55.6 Å². The monoisotopic (exact) mass is 380 g/mol. The van der Waals surface area contributed by atoms with Gasteiger partial charge in [0.2, 0.25) is 5.89 Å². The molecule has 1 aliphatic heterocycles. The summed E-state index contributed by atoms with van der Waals surface area (Å²) in [7, 11) is 1.80. The lowest BCUT2D eigenvalue weighted by atomic mass is 10.2. The minimum Gasteiger partial charge on any atom is -0.440 e. The van der Waals surface area contributed by atoms with Gasteiger partial charge in [0.25, 0.3) is 11.8 Å². The standard InChI is InChI=1S/C19H20N6O3/c1-12-16(23-18(28-12)13-9-21-24(2)10-13)17(26)22-14-6-8-25(11-14)19(27)15-5-3-4-7-20-15/h3-5,7,9-10,14H,6,8,11H2,1-2H3,(H,22,26). The van der Waals surface area contributed by atoms with Crippen molar-refractivity contribution in [1.82, 2.24) is 30.0 Å². The Hall–Kier alpha value is -3.49. The summed E-state index contributed by atoms with van der Waals surface area (Å²) in [5, 5.41) is 7.03. The van der Waals surface area contributed by atoms with E-state index in [1.165, 1.54) is 0 Å². The number of nitrogens with one attached hydrogen (secondary N) is 1. The molecule has 28 heavy (non-hydrogen) atoms. The zero-order chi connectivity index (χ0) is 19.7. The number of rotatable bonds is 4. The number of carbonyl (C=O) groups excluding carboxylic acids is 2. The van der Waals surface area contributed by atoms with Gasteiger partial charge < -0.3 is 14.6 Å². The van der Waals surface area contributed by atoms with E-state index in [4.69, 9.17) is 4.42 Å². The molecule has 1 N–H and O–H groups in total. The summed E-state index contributed by atoms with van der Waals surface area (Å²) >= 11 is 0. The van der Waals surface area contributed by atoms with Crippen LogP contribution in [0.1, 0.15) is 33.2 Å². The van der Waals surface area contributed by atoms with Crippen molar-refractivity contribution in [2.75, 3.05) is 13.1 Å². The average Bonchev–Trinajstić information content (AvgIpc) is 3.42. The predicted octanol–water partition coefficient (Wildman–Crippen LogP) is 1.42. The molecule has 4 rings (SSSR count). The molecule has 0 bridgehead atoms. The molecule has 0 radical (unpaired) electrons. The van der Waals surface area contributed by atoms with Crippen LogP contribution in [0.5, 0.6) is 0 Å². The molecule has 3 aromatic rings. The number of likely N-dealkylation sites (tertiary alicyclic amines) is 1. The number of carbonyl (C=O) groups is 2. The summed E-state index contributed by atoms with van der Waals surface area (Å²) < 4.78 is 7.26. The number of aromatic nitrogens is 4. The number of hydrogen-bond acceptors (Lipinski definition) is 6. The highest BCUT2D eigenvalue weighted by molar-refractivity contribution is 5.94. The van der Waals surface area contributed by atoms with Crippen LogP contribution in [0, 0.1) is 6.92 Å². The lowest BCUT2D eigenvalue weighted by molar-refractivity contribution is 0.0777. The van der Waals surface area contributed by atoms with Crippen LogP contribution in [0.4, 0.5) is 0 Å². The molecule has 1 atom stereocenters. The molecule has 3 aromatic heterocycles. The second-order valence-corrected chi connectivity index (χ2v) is 6.75. The second kappa shape index (κ2) is 7.26. The van der Waals surface area contributed by atoms with Gasteiger partial charge in [-0.15, -0.1) is 0 Å². The van der Waals surface area contributed by atoms with Gasteiger partial charge in [0.1, 0.15) is 11.5 Å². The van der Waals surface area contributed by atoms with Crippen molar-refractivity contribution in [3.63, 3.8) is 0 Å². The molecule has 1 unspecified atom stereocenters. The third-order valence-corrected chi connectivity index (χ3v) is 4.66. The maximum Gasteiger partial charge on any atom is 0.273 e. The van der Waals surface area contributed by atoms with Crippen LogP contribution < -0.4 is 5.32 Å². The van der Waals surface area contributed by atoms with E-state index in [9.17, 15) is 9.59 Å². The number of amides is 2. The fourth-order valence-corrected chi connectivity index (χ4v) is 3.23. The first-order valence-corrected chi connectivity index (χ1v) is 8.99. The molecule has 1 saturated heterocycles. The predicted molar refractivity (Wildman–Crippen MR) is 99.5 cm³/mol. The summed E-state index contributed by atoms with van der Waals surface area (Å²) in [6.07, 6.45) is 5.67. The number of nitrogens with zero attached hydrogens (tertiary/aromatic N) is 5. The van der Waals surface area contributed by atoms with E-state index in [1.54, 1.807) is 60.3 Å². The minimum absolute atomic E-state index is 0.131. The summed E-state index contributed by atoms with van der Waals surface area (Å²) in [6.45, 7) is 2.71. The lowest BCUT2D eigenvalue weighted by Gasteiger charge is -2.16. The van der Waals surface area contributed by atoms with Crippen LogP contribution in [0.2, 0.25) is 0 Å². The van der Waals surface area contributed by atoms with Crippen molar-refractivity contribution in [1.29, 1.82) is 0 Å². The van der Waals surface area contributed by atoms with Gasteiger partial charge in [0.05, 0.1) is 11.8 Å². The Morgan fingerprint density at radius 2 is 2.18 bits per heavy atom. The molecule has 1 fully saturated rings. The van der Waals surface area contributed by atoms with Crippen molar-refractivity contribution < 1.29 is 14.0 Å². The highest BCUT2D eigenvalue weighted by Crippen LogP contribution is 2.21. The Kier molecular flexibility index (Phi) is 4.64. The first-order chi connectivity index (χ1) is 13.5. The molecule has 0 aromatic carbocycles. The molecule has 0 aliphatic carbocycles. The third kappa shape index (κ3) is 3.51. The van der Waals surface area contributed by atoms with Crippen molar-refractivity contribution in [2.24, 2.45) is 7.05 Å². The fraction of sp³-hybridized carbons (Fsp3) is 0.316. The number of hydrogen-bond donors (Lipinski definition) is 1. The largest absolute Gasteiger partial charge is 0.440 e. The Morgan fingerprint density at radius 3 is 2.89 bits per heavy atom. The van der Waals surface area contributed by atoms with Crippen molar-refractivity contribution >= 4 is 11.8 Å². The molecular weight excluding hydrogens is 360 g/mol. The summed E-state index contributed by atoms with van der Waals surface area (Å²) in [6, 6.07) is 5.09. The van der Waals surface area contributed by atoms with E-state index < -0.39 is 0 Å². The number of oxazole rings is 1. The van der Waals surface area contributed by atoms with Crippen LogP contribution in [0.15, 0.2) is 41.2 Å². The average molecular weight is 380 g/mol. The SMILES string of the molecule is Cc1oc(-c2cnn(C)c2)nc1C(=O)NC1CCN(C(=O)c2ccccn2)C1. The Morgan fingerprint density at radius 1 is 1.32 bits per heavy atom. The first kappa shape index (κ1) is 17.9. The summed E-state index contributed by atoms with van der Waals surface area (Å²) in [5.41, 5.74) is 1.36. The van der Waals surface area contributed by atoms with Gasteiger partial charge in [-0.2, -0.15) is 5.10 Å². The summed E-state index contributed by atoms with van der Waals surface area (Å²) in [5.74, 6) is 0.354. The molecule has 0 saturated carbocycles. The molecule has 9 heteroatoms. The molecule has 144 valence electrons. The highest BCUT2D eigenvalue weighted by Gasteiger charge is 2.30. The molecule has 9 nitrogen and oxygen atoms in total. The van der Waals surface area contributed by atoms with Gasteiger partial charge in [0, 0.05) is 38.6 Å². The zero-order valence-corrected chi connectivity index (χ0v) is 15.6. The van der Waals surface area contributed by atoms with Gasteiger partial charge in [-0.25, -0.2) is 4.98 Å². The Bertz CT molecular complexity index is 1010. The fourth-order valence-electron chi connectivity index (χ4n) is 3.23. The lowest BCUT2D eigenvalue weighted by Crippen LogP contribution is -2.39. The number of pyridine rings is 1. The molecule has 2 amide bonds. The molecule has 4 heterocycles. The Labute approximate surface area is 161 Å². The van der Waals surface area contributed by atoms with Crippen LogP contribution in [-0.2, 0) is 7.05 Å².